The average molecular weight is 317 g/mol. The molecule has 1 aromatic rings. The van der Waals surface area contributed by atoms with Crippen molar-refractivity contribution in [1.29, 1.82) is 0 Å². The molecule has 2 fully saturated rings. The minimum atomic E-state index is -0.935. The highest BCUT2D eigenvalue weighted by molar-refractivity contribution is 5.87. The summed E-state index contributed by atoms with van der Waals surface area (Å²) in [6.07, 6.45) is 2.33. The van der Waals surface area contributed by atoms with E-state index >= 15 is 0 Å². The third-order valence-electron chi connectivity index (χ3n) is 5.26. The number of carboxylic acids is 1. The van der Waals surface area contributed by atoms with Gasteiger partial charge in [0, 0.05) is 30.4 Å². The molecule has 0 radical (unpaired) electrons. The van der Waals surface area contributed by atoms with Crippen LogP contribution in [0.3, 0.4) is 0 Å². The summed E-state index contributed by atoms with van der Waals surface area (Å²) in [5, 5.41) is 12.0. The van der Waals surface area contributed by atoms with Gasteiger partial charge in [-0.1, -0.05) is 26.0 Å². The van der Waals surface area contributed by atoms with Gasteiger partial charge in [0.2, 0.25) is 5.91 Å². The highest BCUT2D eigenvalue weighted by Gasteiger charge is 2.59. The molecule has 0 spiro atoms. The number of hydrogen-bond acceptors (Lipinski definition) is 3. The molecule has 2 N–H and O–H groups in total. The first-order valence-electron chi connectivity index (χ1n) is 8.13. The van der Waals surface area contributed by atoms with E-state index in [2.05, 4.69) is 19.2 Å². The molecule has 23 heavy (non-hydrogen) atoms. The second-order valence-corrected chi connectivity index (χ2v) is 7.11. The van der Waals surface area contributed by atoms with E-state index < -0.39 is 5.97 Å². The minimum absolute atomic E-state index is 0.0000372. The van der Waals surface area contributed by atoms with E-state index in [9.17, 15) is 9.59 Å². The van der Waals surface area contributed by atoms with Gasteiger partial charge in [-0.3, -0.25) is 4.79 Å². The zero-order chi connectivity index (χ0) is 16.6. The number of aryl methyl sites for hydroxylation is 1. The van der Waals surface area contributed by atoms with E-state index in [0.717, 1.165) is 18.6 Å². The van der Waals surface area contributed by atoms with Gasteiger partial charge in [-0.05, 0) is 30.5 Å². The third-order valence-corrected chi connectivity index (χ3v) is 5.26. The van der Waals surface area contributed by atoms with Crippen LogP contribution in [0.15, 0.2) is 24.3 Å². The molecule has 0 unspecified atom stereocenters. The molecule has 5 heteroatoms. The van der Waals surface area contributed by atoms with Crippen LogP contribution in [-0.4, -0.2) is 35.7 Å². The molecule has 1 saturated carbocycles. The smallest absolute Gasteiger partial charge is 0.335 e. The highest BCUT2D eigenvalue weighted by Crippen LogP contribution is 2.52. The molecular weight excluding hydrogens is 294 g/mol. The molecule has 3 atom stereocenters. The number of benzene rings is 1. The Labute approximate surface area is 136 Å². The van der Waals surface area contributed by atoms with Gasteiger partial charge in [0.25, 0.3) is 0 Å². The molecule has 0 bridgehead atoms. The predicted molar refractivity (Wildman–Crippen MR) is 85.3 cm³/mol. The molecule has 1 amide bonds. The molecule has 5 nitrogen and oxygen atoms in total. The number of aromatic carboxylic acids is 1. The second kappa shape index (κ2) is 5.96. The molecule has 1 aromatic carbocycles. The van der Waals surface area contributed by atoms with E-state index in [-0.39, 0.29) is 29.0 Å². The maximum atomic E-state index is 12.2. The summed E-state index contributed by atoms with van der Waals surface area (Å²) in [6.45, 7) is 5.09. The summed E-state index contributed by atoms with van der Waals surface area (Å²) in [4.78, 5) is 23.0. The summed E-state index contributed by atoms with van der Waals surface area (Å²) in [5.74, 6) is -0.436. The largest absolute Gasteiger partial charge is 0.478 e. The Morgan fingerprint density at radius 2 is 2.00 bits per heavy atom. The number of nitrogens with one attached hydrogen (secondary N) is 1. The Hall–Kier alpha value is -1.88. The molecular formula is C18H23NO4. The number of ether oxygens (including phenoxy) is 1. The summed E-state index contributed by atoms with van der Waals surface area (Å²) in [5.41, 5.74) is 1.24. The van der Waals surface area contributed by atoms with Gasteiger partial charge in [-0.25, -0.2) is 4.79 Å². The van der Waals surface area contributed by atoms with Gasteiger partial charge < -0.3 is 15.2 Å². The monoisotopic (exact) mass is 317 g/mol. The summed E-state index contributed by atoms with van der Waals surface area (Å²) >= 11 is 0. The molecule has 1 heterocycles. The molecule has 124 valence electrons. The fourth-order valence-corrected chi connectivity index (χ4v) is 3.93. The minimum Gasteiger partial charge on any atom is -0.478 e. The Morgan fingerprint density at radius 3 is 2.65 bits per heavy atom. The van der Waals surface area contributed by atoms with Crippen molar-refractivity contribution in [2.75, 3.05) is 6.61 Å². The normalized spacial score (nSPS) is 27.8. The van der Waals surface area contributed by atoms with Crippen molar-refractivity contribution < 1.29 is 19.4 Å². The first-order chi connectivity index (χ1) is 10.9. The molecule has 1 saturated heterocycles. The number of carbonyl (C=O) groups excluding carboxylic acids is 1. The van der Waals surface area contributed by atoms with Crippen LogP contribution in [-0.2, 0) is 16.0 Å². The zero-order valence-electron chi connectivity index (χ0n) is 13.5. The summed E-state index contributed by atoms with van der Waals surface area (Å²) in [7, 11) is 0. The van der Waals surface area contributed by atoms with Crippen molar-refractivity contribution in [3.05, 3.63) is 35.4 Å². The lowest BCUT2D eigenvalue weighted by atomic mass is 9.57. The number of fused-ring (bicyclic) bond motifs is 1. The molecule has 2 aliphatic rings. The van der Waals surface area contributed by atoms with Gasteiger partial charge in [0.1, 0.15) is 0 Å². The fraction of sp³-hybridized carbons (Fsp3) is 0.556. The van der Waals surface area contributed by atoms with Crippen LogP contribution in [0.1, 0.15) is 42.6 Å². The van der Waals surface area contributed by atoms with Crippen LogP contribution < -0.4 is 5.32 Å². The predicted octanol–water partition coefficient (Wildman–Crippen LogP) is 2.25. The van der Waals surface area contributed by atoms with Gasteiger partial charge in [-0.15, -0.1) is 0 Å². The van der Waals surface area contributed by atoms with Crippen LogP contribution in [0.2, 0.25) is 0 Å². The van der Waals surface area contributed by atoms with Crippen molar-refractivity contribution in [3.8, 4) is 0 Å². The van der Waals surface area contributed by atoms with Crippen molar-refractivity contribution >= 4 is 11.9 Å². The van der Waals surface area contributed by atoms with Crippen LogP contribution in [0, 0.1) is 11.3 Å². The Balaban J connectivity index is 1.51. The van der Waals surface area contributed by atoms with Crippen LogP contribution >= 0.6 is 0 Å². The standard InChI is InChI=1S/C18H23NO4/c1-18(2)15(13-9-10-23-16(13)18)19-14(20)8-5-11-3-6-12(7-4-11)17(21)22/h3-4,6-7,13,15-16H,5,8-10H2,1-2H3,(H,19,20)(H,21,22)/t13-,15-,16+/m1/s1. The van der Waals surface area contributed by atoms with Gasteiger partial charge in [-0.2, -0.15) is 0 Å². The van der Waals surface area contributed by atoms with Crippen LogP contribution in [0.25, 0.3) is 0 Å². The summed E-state index contributed by atoms with van der Waals surface area (Å²) < 4.78 is 5.74. The maximum absolute atomic E-state index is 12.2. The van der Waals surface area contributed by atoms with Gasteiger partial charge in [0.15, 0.2) is 0 Å². The molecule has 0 aromatic heterocycles. The SMILES string of the molecule is CC1(C)[C@H](NC(=O)CCc2ccc(C(=O)O)cc2)[C@H]2CCO[C@@H]21. The topological polar surface area (TPSA) is 75.6 Å². The number of hydrogen-bond donors (Lipinski definition) is 2. The van der Waals surface area contributed by atoms with E-state index in [0.29, 0.717) is 18.8 Å². The zero-order valence-corrected chi connectivity index (χ0v) is 13.5. The van der Waals surface area contributed by atoms with Crippen molar-refractivity contribution in [2.45, 2.75) is 45.3 Å². The number of carbonyl (C=O) groups is 2. The lowest BCUT2D eigenvalue weighted by molar-refractivity contribution is -0.137. The first kappa shape index (κ1) is 16.0. The number of rotatable bonds is 5. The quantitative estimate of drug-likeness (QED) is 0.873. The molecule has 1 aliphatic heterocycles. The fourth-order valence-electron chi connectivity index (χ4n) is 3.93. The van der Waals surface area contributed by atoms with E-state index in [1.807, 2.05) is 0 Å². The average Bonchev–Trinajstić information content (AvgIpc) is 2.98. The lowest BCUT2D eigenvalue weighted by Gasteiger charge is -2.54. The summed E-state index contributed by atoms with van der Waals surface area (Å²) in [6, 6.07) is 6.88. The number of carboxylic acid groups (broad SMARTS) is 1. The third kappa shape index (κ3) is 2.98. The van der Waals surface area contributed by atoms with Crippen molar-refractivity contribution in [1.82, 2.24) is 5.32 Å². The van der Waals surface area contributed by atoms with E-state index in [1.165, 1.54) is 0 Å². The van der Waals surface area contributed by atoms with Crippen LogP contribution in [0.4, 0.5) is 0 Å². The first-order valence-corrected chi connectivity index (χ1v) is 8.13. The second-order valence-electron chi connectivity index (χ2n) is 7.11. The Bertz CT molecular complexity index is 608. The lowest BCUT2D eigenvalue weighted by Crippen LogP contribution is -2.66. The molecule has 3 rings (SSSR count). The maximum Gasteiger partial charge on any atom is 0.335 e. The highest BCUT2D eigenvalue weighted by atomic mass is 16.5. The van der Waals surface area contributed by atoms with Crippen LogP contribution in [0.5, 0.6) is 0 Å². The Kier molecular flexibility index (Phi) is 4.15. The van der Waals surface area contributed by atoms with Crippen molar-refractivity contribution in [2.24, 2.45) is 11.3 Å². The number of amides is 1. The van der Waals surface area contributed by atoms with Gasteiger partial charge >= 0.3 is 5.97 Å². The van der Waals surface area contributed by atoms with E-state index in [4.69, 9.17) is 9.84 Å². The van der Waals surface area contributed by atoms with Gasteiger partial charge in [0.05, 0.1) is 11.7 Å². The Morgan fingerprint density at radius 1 is 1.30 bits per heavy atom. The van der Waals surface area contributed by atoms with Crippen molar-refractivity contribution in [3.63, 3.8) is 0 Å². The van der Waals surface area contributed by atoms with E-state index in [1.54, 1.807) is 24.3 Å². The molecule has 1 aliphatic carbocycles.